The molecule has 0 aliphatic carbocycles. The molecule has 8 heteroatoms. The second kappa shape index (κ2) is 10.8. The van der Waals surface area contributed by atoms with Crippen molar-refractivity contribution in [3.63, 3.8) is 0 Å². The molecule has 3 rings (SSSR count). The maximum Gasteiger partial charge on any atom is 0.219 e. The Morgan fingerprint density at radius 3 is 2.63 bits per heavy atom. The van der Waals surface area contributed by atoms with Gasteiger partial charge in [-0.1, -0.05) is 6.07 Å². The molecular weight excluding hydrogens is 478 g/mol. The van der Waals surface area contributed by atoms with Gasteiger partial charge < -0.3 is 15.4 Å². The Bertz CT molecular complexity index is 856. The van der Waals surface area contributed by atoms with E-state index in [0.29, 0.717) is 18.2 Å². The number of benzene rings is 1. The average molecular weight is 498 g/mol. The molecule has 0 saturated heterocycles. The highest BCUT2D eigenvalue weighted by atomic mass is 127. The van der Waals surface area contributed by atoms with Crippen LogP contribution in [0.5, 0.6) is 11.6 Å². The van der Waals surface area contributed by atoms with Crippen molar-refractivity contribution in [1.29, 1.82) is 0 Å². The highest BCUT2D eigenvalue weighted by Gasteiger charge is 2.03. The zero-order valence-electron chi connectivity index (χ0n) is 14.7. The first-order valence-corrected chi connectivity index (χ1v) is 8.96. The summed E-state index contributed by atoms with van der Waals surface area (Å²) in [5, 5.41) is 8.57. The number of ether oxygens (including phenoxy) is 1. The molecule has 27 heavy (non-hydrogen) atoms. The predicted molar refractivity (Wildman–Crippen MR) is 117 cm³/mol. The topological polar surface area (TPSA) is 58.5 Å². The van der Waals surface area contributed by atoms with Crippen LogP contribution < -0.4 is 15.4 Å². The van der Waals surface area contributed by atoms with Crippen molar-refractivity contribution in [3.05, 3.63) is 76.4 Å². The van der Waals surface area contributed by atoms with Gasteiger partial charge in [-0.25, -0.2) is 9.37 Å². The normalized spacial score (nSPS) is 10.8. The van der Waals surface area contributed by atoms with Gasteiger partial charge in [0, 0.05) is 30.7 Å². The summed E-state index contributed by atoms with van der Waals surface area (Å²) in [6.07, 6.45) is 1.68. The summed E-state index contributed by atoms with van der Waals surface area (Å²) in [5.41, 5.74) is 0.996. The van der Waals surface area contributed by atoms with Crippen molar-refractivity contribution >= 4 is 41.3 Å². The quantitative estimate of drug-likeness (QED) is 0.297. The van der Waals surface area contributed by atoms with Crippen LogP contribution in [-0.4, -0.2) is 18.0 Å². The van der Waals surface area contributed by atoms with Crippen LogP contribution in [0.3, 0.4) is 0 Å². The molecule has 0 unspecified atom stereocenters. The van der Waals surface area contributed by atoms with E-state index in [0.717, 1.165) is 18.1 Å². The second-order valence-corrected chi connectivity index (χ2v) is 6.45. The Morgan fingerprint density at radius 1 is 1.15 bits per heavy atom. The summed E-state index contributed by atoms with van der Waals surface area (Å²) in [7, 11) is 1.74. The second-order valence-electron chi connectivity index (χ2n) is 5.42. The van der Waals surface area contributed by atoms with Crippen LogP contribution in [0, 0.1) is 5.82 Å². The molecule has 2 heterocycles. The van der Waals surface area contributed by atoms with E-state index in [2.05, 4.69) is 26.7 Å². The van der Waals surface area contributed by atoms with Crippen LogP contribution in [0.2, 0.25) is 0 Å². The summed E-state index contributed by atoms with van der Waals surface area (Å²) in [6, 6.07) is 13.7. The van der Waals surface area contributed by atoms with Crippen molar-refractivity contribution in [1.82, 2.24) is 15.6 Å². The highest BCUT2D eigenvalue weighted by Crippen LogP contribution is 2.20. The minimum atomic E-state index is -0.301. The fourth-order valence-corrected chi connectivity index (χ4v) is 2.87. The molecule has 1 aromatic carbocycles. The van der Waals surface area contributed by atoms with Crippen LogP contribution in [0.25, 0.3) is 0 Å². The molecule has 2 N–H and O–H groups in total. The van der Waals surface area contributed by atoms with E-state index in [9.17, 15) is 4.39 Å². The number of aromatic nitrogens is 1. The van der Waals surface area contributed by atoms with E-state index in [4.69, 9.17) is 4.74 Å². The van der Waals surface area contributed by atoms with Crippen molar-refractivity contribution < 1.29 is 9.13 Å². The predicted octanol–water partition coefficient (Wildman–Crippen LogP) is 4.56. The molecule has 2 aromatic heterocycles. The highest BCUT2D eigenvalue weighted by molar-refractivity contribution is 14.0. The van der Waals surface area contributed by atoms with Gasteiger partial charge >= 0.3 is 0 Å². The van der Waals surface area contributed by atoms with Gasteiger partial charge in [0.2, 0.25) is 5.88 Å². The number of guanidine groups is 1. The average Bonchev–Trinajstić information content (AvgIpc) is 3.18. The molecule has 0 radical (unpaired) electrons. The van der Waals surface area contributed by atoms with E-state index >= 15 is 0 Å². The van der Waals surface area contributed by atoms with Gasteiger partial charge in [0.1, 0.15) is 11.6 Å². The van der Waals surface area contributed by atoms with Crippen LogP contribution in [0.4, 0.5) is 4.39 Å². The van der Waals surface area contributed by atoms with Crippen molar-refractivity contribution in [2.75, 3.05) is 7.05 Å². The third-order valence-corrected chi connectivity index (χ3v) is 4.41. The number of hydrogen-bond acceptors (Lipinski definition) is 4. The smallest absolute Gasteiger partial charge is 0.219 e. The molecule has 0 saturated carbocycles. The fraction of sp³-hybridized carbons (Fsp3) is 0.158. The minimum Gasteiger partial charge on any atom is -0.439 e. The summed E-state index contributed by atoms with van der Waals surface area (Å²) in [6.45, 7) is 1.30. The van der Waals surface area contributed by atoms with E-state index in [-0.39, 0.29) is 29.8 Å². The lowest BCUT2D eigenvalue weighted by Gasteiger charge is -2.12. The molecule has 0 spiro atoms. The standard InChI is InChI=1S/C19H19FN4OS.HI/c1-21-19(24-13-17-3-2-10-26-17)23-12-14-8-9-22-18(11-14)25-16-6-4-15(20)5-7-16;/h2-11H,12-13H2,1H3,(H2,21,23,24);1H. The van der Waals surface area contributed by atoms with Crippen molar-refractivity contribution in [3.8, 4) is 11.6 Å². The lowest BCUT2D eigenvalue weighted by Crippen LogP contribution is -2.36. The van der Waals surface area contributed by atoms with E-state index in [1.165, 1.54) is 17.0 Å². The monoisotopic (exact) mass is 498 g/mol. The third kappa shape index (κ3) is 6.79. The molecule has 0 atom stereocenters. The Labute approximate surface area is 178 Å². The number of aliphatic imine (C=N–C) groups is 1. The zero-order chi connectivity index (χ0) is 18.2. The number of halogens is 2. The number of nitrogens with zero attached hydrogens (tertiary/aromatic N) is 2. The Kier molecular flexibility index (Phi) is 8.46. The van der Waals surface area contributed by atoms with Gasteiger partial charge in [0.15, 0.2) is 5.96 Å². The number of nitrogens with one attached hydrogen (secondary N) is 2. The Hall–Kier alpha value is -2.20. The van der Waals surface area contributed by atoms with Crippen LogP contribution in [0.15, 0.2) is 65.1 Å². The molecule has 0 amide bonds. The maximum atomic E-state index is 13.0. The molecular formula is C19H20FIN4OS. The van der Waals surface area contributed by atoms with Crippen LogP contribution in [0.1, 0.15) is 10.4 Å². The summed E-state index contributed by atoms with van der Waals surface area (Å²) in [4.78, 5) is 9.65. The lowest BCUT2D eigenvalue weighted by atomic mass is 10.2. The molecule has 0 fully saturated rings. The Morgan fingerprint density at radius 2 is 1.93 bits per heavy atom. The number of hydrogen-bond donors (Lipinski definition) is 2. The number of rotatable bonds is 6. The molecule has 142 valence electrons. The summed E-state index contributed by atoms with van der Waals surface area (Å²) >= 11 is 1.70. The first kappa shape index (κ1) is 21.1. The minimum absolute atomic E-state index is 0. The van der Waals surface area contributed by atoms with E-state index in [1.54, 1.807) is 36.7 Å². The van der Waals surface area contributed by atoms with Gasteiger partial charge in [-0.15, -0.1) is 35.3 Å². The molecule has 5 nitrogen and oxygen atoms in total. The number of pyridine rings is 1. The SMILES string of the molecule is CN=C(NCc1ccnc(Oc2ccc(F)cc2)c1)NCc1cccs1.I. The maximum absolute atomic E-state index is 13.0. The Balaban J connectivity index is 0.00000261. The summed E-state index contributed by atoms with van der Waals surface area (Å²) in [5.74, 6) is 1.41. The van der Waals surface area contributed by atoms with Crippen LogP contribution in [-0.2, 0) is 13.1 Å². The van der Waals surface area contributed by atoms with E-state index < -0.39 is 0 Å². The molecule has 0 aliphatic heterocycles. The van der Waals surface area contributed by atoms with E-state index in [1.807, 2.05) is 23.6 Å². The molecule has 0 bridgehead atoms. The van der Waals surface area contributed by atoms with Gasteiger partial charge in [0.05, 0.1) is 6.54 Å². The summed E-state index contributed by atoms with van der Waals surface area (Å²) < 4.78 is 18.6. The van der Waals surface area contributed by atoms with Gasteiger partial charge in [-0.3, -0.25) is 4.99 Å². The first-order valence-electron chi connectivity index (χ1n) is 8.08. The largest absolute Gasteiger partial charge is 0.439 e. The van der Waals surface area contributed by atoms with Crippen molar-refractivity contribution in [2.24, 2.45) is 4.99 Å². The molecule has 0 aliphatic rings. The van der Waals surface area contributed by atoms with Gasteiger partial charge in [-0.2, -0.15) is 0 Å². The van der Waals surface area contributed by atoms with Gasteiger partial charge in [-0.05, 0) is 47.3 Å². The first-order chi connectivity index (χ1) is 12.7. The fourth-order valence-electron chi connectivity index (χ4n) is 2.23. The third-order valence-electron chi connectivity index (χ3n) is 3.53. The lowest BCUT2D eigenvalue weighted by molar-refractivity contribution is 0.460. The van der Waals surface area contributed by atoms with Crippen molar-refractivity contribution in [2.45, 2.75) is 13.1 Å². The zero-order valence-corrected chi connectivity index (χ0v) is 17.8. The molecule has 3 aromatic rings. The number of thiophene rings is 1. The van der Waals surface area contributed by atoms with Gasteiger partial charge in [0.25, 0.3) is 0 Å². The van der Waals surface area contributed by atoms with Crippen LogP contribution >= 0.6 is 35.3 Å².